The van der Waals surface area contributed by atoms with Gasteiger partial charge in [-0.1, -0.05) is 34.5 Å². The number of amides is 1. The molecule has 0 spiro atoms. The van der Waals surface area contributed by atoms with Gasteiger partial charge in [-0.15, -0.1) is 12.4 Å². The molecule has 0 unspecified atom stereocenters. The summed E-state index contributed by atoms with van der Waals surface area (Å²) in [6, 6.07) is 10.4. The van der Waals surface area contributed by atoms with Gasteiger partial charge in [-0.25, -0.2) is 4.98 Å². The highest BCUT2D eigenvalue weighted by Gasteiger charge is 2.22. The highest BCUT2D eigenvalue weighted by atomic mass is 35.5. The van der Waals surface area contributed by atoms with Crippen LogP contribution in [-0.2, 0) is 4.79 Å². The average molecular weight is 491 g/mol. The van der Waals surface area contributed by atoms with E-state index < -0.39 is 0 Å². The van der Waals surface area contributed by atoms with E-state index in [1.807, 2.05) is 19.0 Å². The monoisotopic (exact) mass is 489 g/mol. The van der Waals surface area contributed by atoms with Crippen molar-refractivity contribution in [3.05, 3.63) is 46.4 Å². The third-order valence-corrected chi connectivity index (χ3v) is 5.94. The van der Waals surface area contributed by atoms with Crippen LogP contribution in [0.5, 0.6) is 11.5 Å². The Morgan fingerprint density at radius 2 is 1.80 bits per heavy atom. The molecule has 0 aliphatic rings. The predicted octanol–water partition coefficient (Wildman–Crippen LogP) is 5.01. The van der Waals surface area contributed by atoms with E-state index in [1.165, 1.54) is 11.3 Å². The van der Waals surface area contributed by atoms with Crippen LogP contribution < -0.4 is 14.4 Å². The summed E-state index contributed by atoms with van der Waals surface area (Å²) < 4.78 is 11.8. The summed E-state index contributed by atoms with van der Waals surface area (Å²) in [7, 11) is 5.48. The van der Waals surface area contributed by atoms with Gasteiger partial charge < -0.3 is 14.4 Å². The minimum Gasteiger partial charge on any atom is -0.494 e. The standard InChI is InChI=1S/C20H21Cl2N3O3S.ClH/c1-24(2)10-11-25(17(26)12-28-14-6-4-13(21)5-7-14)20-23-18-16(27-3)9-8-15(22)19(18)29-20;/h4-9H,10-12H2,1-3H3;1H. The largest absolute Gasteiger partial charge is 0.494 e. The van der Waals surface area contributed by atoms with Crippen LogP contribution in [-0.4, -0.2) is 56.7 Å². The smallest absolute Gasteiger partial charge is 0.266 e. The summed E-state index contributed by atoms with van der Waals surface area (Å²) in [6.45, 7) is 1.03. The number of thiazole rings is 1. The highest BCUT2D eigenvalue weighted by Crippen LogP contribution is 2.38. The lowest BCUT2D eigenvalue weighted by Gasteiger charge is -2.22. The normalized spacial score (nSPS) is 10.7. The lowest BCUT2D eigenvalue weighted by Crippen LogP contribution is -2.39. The van der Waals surface area contributed by atoms with Gasteiger partial charge in [0.05, 0.1) is 16.8 Å². The molecule has 6 nitrogen and oxygen atoms in total. The molecule has 1 aromatic heterocycles. The number of fused-ring (bicyclic) bond motifs is 1. The van der Waals surface area contributed by atoms with Crippen LogP contribution in [0.25, 0.3) is 10.2 Å². The second kappa shape index (κ2) is 11.0. The van der Waals surface area contributed by atoms with Crippen molar-refractivity contribution in [2.24, 2.45) is 0 Å². The quantitative estimate of drug-likeness (QED) is 0.444. The van der Waals surface area contributed by atoms with Gasteiger partial charge in [-0.05, 0) is 50.5 Å². The third kappa shape index (κ3) is 5.89. The maximum absolute atomic E-state index is 13.0. The molecular formula is C20H22Cl3N3O3S. The molecule has 10 heteroatoms. The fourth-order valence-electron chi connectivity index (χ4n) is 2.60. The van der Waals surface area contributed by atoms with Crippen LogP contribution in [0, 0.1) is 0 Å². The van der Waals surface area contributed by atoms with Gasteiger partial charge >= 0.3 is 0 Å². The molecule has 2 aromatic carbocycles. The molecular weight excluding hydrogens is 469 g/mol. The van der Waals surface area contributed by atoms with E-state index in [0.717, 1.165) is 4.70 Å². The Balaban J connectivity index is 0.00000320. The maximum Gasteiger partial charge on any atom is 0.266 e. The van der Waals surface area contributed by atoms with Crippen LogP contribution in [0.4, 0.5) is 5.13 Å². The molecule has 0 aliphatic heterocycles. The summed E-state index contributed by atoms with van der Waals surface area (Å²) in [5, 5.41) is 1.73. The van der Waals surface area contributed by atoms with Gasteiger partial charge in [-0.2, -0.15) is 0 Å². The van der Waals surface area contributed by atoms with Gasteiger partial charge in [-0.3, -0.25) is 9.69 Å². The number of likely N-dealkylation sites (N-methyl/N-ethyl adjacent to an activating group) is 1. The first-order chi connectivity index (χ1) is 13.9. The van der Waals surface area contributed by atoms with E-state index in [2.05, 4.69) is 4.98 Å². The molecule has 0 aliphatic carbocycles. The summed E-state index contributed by atoms with van der Waals surface area (Å²) in [6.07, 6.45) is 0. The molecule has 3 rings (SSSR count). The second-order valence-electron chi connectivity index (χ2n) is 6.52. The van der Waals surface area contributed by atoms with Crippen LogP contribution in [0.15, 0.2) is 36.4 Å². The predicted molar refractivity (Wildman–Crippen MR) is 126 cm³/mol. The topological polar surface area (TPSA) is 54.9 Å². The lowest BCUT2D eigenvalue weighted by molar-refractivity contribution is -0.120. The van der Waals surface area contributed by atoms with Crippen molar-refractivity contribution in [2.45, 2.75) is 0 Å². The number of carbonyl (C=O) groups is 1. The van der Waals surface area contributed by atoms with Gasteiger partial charge in [0.1, 0.15) is 17.0 Å². The van der Waals surface area contributed by atoms with Crippen LogP contribution in [0.1, 0.15) is 0 Å². The van der Waals surface area contributed by atoms with Crippen molar-refractivity contribution < 1.29 is 14.3 Å². The Kier molecular flexibility index (Phi) is 9.00. The summed E-state index contributed by atoms with van der Waals surface area (Å²) in [5.41, 5.74) is 0.640. The molecule has 0 bridgehead atoms. The van der Waals surface area contributed by atoms with Crippen molar-refractivity contribution in [3.8, 4) is 11.5 Å². The number of anilines is 1. The zero-order valence-corrected chi connectivity index (χ0v) is 19.9. The number of hydrogen-bond acceptors (Lipinski definition) is 6. The molecule has 162 valence electrons. The van der Waals surface area contributed by atoms with Gasteiger partial charge in [0, 0.05) is 18.1 Å². The summed E-state index contributed by atoms with van der Waals surface area (Å²) in [4.78, 5) is 21.2. The first-order valence-corrected chi connectivity index (χ1v) is 10.4. The van der Waals surface area contributed by atoms with Crippen molar-refractivity contribution in [1.82, 2.24) is 9.88 Å². The third-order valence-electron chi connectivity index (χ3n) is 4.15. The Labute approximate surface area is 195 Å². The second-order valence-corrected chi connectivity index (χ2v) is 8.34. The van der Waals surface area contributed by atoms with Crippen LogP contribution >= 0.6 is 46.9 Å². The zero-order valence-electron chi connectivity index (χ0n) is 16.7. The Hall–Kier alpha value is -1.77. The van der Waals surface area contributed by atoms with Gasteiger partial charge in [0.2, 0.25) is 0 Å². The maximum atomic E-state index is 13.0. The van der Waals surface area contributed by atoms with Gasteiger partial charge in [0.25, 0.3) is 5.91 Å². The molecule has 0 fully saturated rings. The van der Waals surface area contributed by atoms with Crippen molar-refractivity contribution in [3.63, 3.8) is 0 Å². The number of ether oxygens (including phenoxy) is 2. The van der Waals surface area contributed by atoms with Crippen LogP contribution in [0.2, 0.25) is 10.0 Å². The lowest BCUT2D eigenvalue weighted by atomic mass is 10.3. The first-order valence-electron chi connectivity index (χ1n) is 8.85. The zero-order chi connectivity index (χ0) is 21.0. The molecule has 1 amide bonds. The molecule has 1 heterocycles. The number of carbonyl (C=O) groups excluding carboxylic acids is 1. The Morgan fingerprint density at radius 1 is 1.10 bits per heavy atom. The SMILES string of the molecule is COc1ccc(Cl)c2sc(N(CCN(C)C)C(=O)COc3ccc(Cl)cc3)nc12.Cl. The molecule has 0 saturated heterocycles. The molecule has 0 radical (unpaired) electrons. The van der Waals surface area contributed by atoms with Crippen molar-refractivity contribution in [1.29, 1.82) is 0 Å². The summed E-state index contributed by atoms with van der Waals surface area (Å²) >= 11 is 13.6. The number of halogens is 3. The van der Waals surface area contributed by atoms with E-state index in [1.54, 1.807) is 48.4 Å². The average Bonchev–Trinajstić information content (AvgIpc) is 3.14. The van der Waals surface area contributed by atoms with Crippen molar-refractivity contribution in [2.75, 3.05) is 45.8 Å². The fraction of sp³-hybridized carbons (Fsp3) is 0.300. The molecule has 0 N–H and O–H groups in total. The Bertz CT molecular complexity index is 996. The van der Waals surface area contributed by atoms with Crippen molar-refractivity contribution >= 4 is 68.2 Å². The minimum absolute atomic E-state index is 0. The molecule has 0 atom stereocenters. The van der Waals surface area contributed by atoms with E-state index in [4.69, 9.17) is 32.7 Å². The van der Waals surface area contributed by atoms with E-state index in [0.29, 0.717) is 45.3 Å². The fourth-order valence-corrected chi connectivity index (χ4v) is 4.03. The number of hydrogen-bond donors (Lipinski definition) is 0. The number of aromatic nitrogens is 1. The number of benzene rings is 2. The number of methoxy groups -OCH3 is 1. The first kappa shape index (κ1) is 24.5. The minimum atomic E-state index is -0.198. The summed E-state index contributed by atoms with van der Waals surface area (Å²) in [5.74, 6) is 0.990. The van der Waals surface area contributed by atoms with Gasteiger partial charge in [0.15, 0.2) is 11.7 Å². The van der Waals surface area contributed by atoms with E-state index in [9.17, 15) is 4.79 Å². The molecule has 30 heavy (non-hydrogen) atoms. The number of nitrogens with zero attached hydrogens (tertiary/aromatic N) is 3. The molecule has 0 saturated carbocycles. The highest BCUT2D eigenvalue weighted by molar-refractivity contribution is 7.23. The van der Waals surface area contributed by atoms with Crippen LogP contribution in [0.3, 0.4) is 0 Å². The molecule has 3 aromatic rings. The number of rotatable bonds is 8. The van der Waals surface area contributed by atoms with E-state index in [-0.39, 0.29) is 24.9 Å². The van der Waals surface area contributed by atoms with E-state index >= 15 is 0 Å². The Morgan fingerprint density at radius 3 is 2.43 bits per heavy atom.